The molecule has 0 saturated heterocycles. The lowest BCUT2D eigenvalue weighted by Crippen LogP contribution is -2.33. The van der Waals surface area contributed by atoms with Gasteiger partial charge < -0.3 is 16.0 Å². The van der Waals surface area contributed by atoms with Crippen molar-refractivity contribution in [2.45, 2.75) is 26.3 Å². The number of hydrogen-bond acceptors (Lipinski definition) is 4. The van der Waals surface area contributed by atoms with Crippen molar-refractivity contribution >= 4 is 11.5 Å². The molecule has 0 aliphatic rings. The Labute approximate surface area is 104 Å². The minimum atomic E-state index is 0.377. The van der Waals surface area contributed by atoms with Crippen molar-refractivity contribution in [3.63, 3.8) is 0 Å². The molecular formula is C12H25N5. The molecule has 5 heteroatoms. The van der Waals surface area contributed by atoms with Gasteiger partial charge in [0.05, 0.1) is 5.69 Å². The van der Waals surface area contributed by atoms with Gasteiger partial charge in [-0.15, -0.1) is 0 Å². The van der Waals surface area contributed by atoms with E-state index in [1.54, 1.807) is 4.68 Å². The maximum absolute atomic E-state index is 5.89. The molecule has 1 heterocycles. The SMILES string of the molecule is CC(C)CC(CN(C)C)Nc1nn(C)cc1N. The molecule has 1 rings (SSSR count). The zero-order valence-electron chi connectivity index (χ0n) is 11.6. The fourth-order valence-corrected chi connectivity index (χ4v) is 2.00. The van der Waals surface area contributed by atoms with Crippen LogP contribution in [0.25, 0.3) is 0 Å². The van der Waals surface area contributed by atoms with Crippen LogP contribution in [0.3, 0.4) is 0 Å². The molecule has 0 aromatic carbocycles. The van der Waals surface area contributed by atoms with Gasteiger partial charge >= 0.3 is 0 Å². The van der Waals surface area contributed by atoms with Gasteiger partial charge in [0.1, 0.15) is 0 Å². The third-order valence-corrected chi connectivity index (χ3v) is 2.54. The molecule has 17 heavy (non-hydrogen) atoms. The lowest BCUT2D eigenvalue weighted by Gasteiger charge is -2.24. The maximum atomic E-state index is 5.89. The molecule has 5 nitrogen and oxygen atoms in total. The van der Waals surface area contributed by atoms with E-state index < -0.39 is 0 Å². The number of nitrogens with two attached hydrogens (primary N) is 1. The van der Waals surface area contributed by atoms with Crippen LogP contribution in [0, 0.1) is 5.92 Å². The predicted octanol–water partition coefficient (Wildman–Crippen LogP) is 1.39. The molecule has 0 bridgehead atoms. The van der Waals surface area contributed by atoms with E-state index >= 15 is 0 Å². The normalized spacial score (nSPS) is 13.4. The predicted molar refractivity (Wildman–Crippen MR) is 73.0 cm³/mol. The Balaban J connectivity index is 2.67. The number of rotatable bonds is 6. The Bertz CT molecular complexity index is 333. The van der Waals surface area contributed by atoms with E-state index in [9.17, 15) is 0 Å². The number of hydrogen-bond donors (Lipinski definition) is 2. The Hall–Kier alpha value is -1.23. The molecule has 0 saturated carbocycles. The smallest absolute Gasteiger partial charge is 0.171 e. The van der Waals surface area contributed by atoms with E-state index in [0.717, 1.165) is 18.8 Å². The number of nitrogens with zero attached hydrogens (tertiary/aromatic N) is 3. The van der Waals surface area contributed by atoms with Crippen molar-refractivity contribution in [2.24, 2.45) is 13.0 Å². The third kappa shape index (κ3) is 4.65. The molecule has 1 aromatic heterocycles. The first-order valence-electron chi connectivity index (χ1n) is 6.09. The summed E-state index contributed by atoms with van der Waals surface area (Å²) in [4.78, 5) is 2.18. The van der Waals surface area contributed by atoms with E-state index in [4.69, 9.17) is 5.73 Å². The number of aryl methyl sites for hydroxylation is 1. The zero-order chi connectivity index (χ0) is 13.0. The number of nitrogen functional groups attached to an aromatic ring is 1. The zero-order valence-corrected chi connectivity index (χ0v) is 11.6. The Morgan fingerprint density at radius 1 is 1.47 bits per heavy atom. The summed E-state index contributed by atoms with van der Waals surface area (Å²) in [6.45, 7) is 5.44. The van der Waals surface area contributed by atoms with Crippen LogP contribution >= 0.6 is 0 Å². The Morgan fingerprint density at radius 3 is 2.53 bits per heavy atom. The van der Waals surface area contributed by atoms with E-state index in [1.165, 1.54) is 0 Å². The van der Waals surface area contributed by atoms with E-state index in [0.29, 0.717) is 17.6 Å². The second-order valence-corrected chi connectivity index (χ2v) is 5.34. The molecule has 1 atom stereocenters. The van der Waals surface area contributed by atoms with Gasteiger partial charge in [0.25, 0.3) is 0 Å². The molecule has 0 amide bonds. The minimum absolute atomic E-state index is 0.377. The molecule has 0 radical (unpaired) electrons. The molecule has 1 unspecified atom stereocenters. The minimum Gasteiger partial charge on any atom is -0.394 e. The highest BCUT2D eigenvalue weighted by atomic mass is 15.3. The van der Waals surface area contributed by atoms with Crippen LogP contribution in [0.15, 0.2) is 6.20 Å². The summed E-state index contributed by atoms with van der Waals surface area (Å²) in [6, 6.07) is 0.377. The van der Waals surface area contributed by atoms with Crippen molar-refractivity contribution in [3.05, 3.63) is 6.20 Å². The fourth-order valence-electron chi connectivity index (χ4n) is 2.00. The first kappa shape index (κ1) is 13.8. The van der Waals surface area contributed by atoms with Crippen molar-refractivity contribution < 1.29 is 0 Å². The molecule has 0 aliphatic heterocycles. The van der Waals surface area contributed by atoms with Gasteiger partial charge in [0, 0.05) is 25.8 Å². The molecule has 0 spiro atoms. The second kappa shape index (κ2) is 5.91. The van der Waals surface area contributed by atoms with Crippen molar-refractivity contribution in [3.8, 4) is 0 Å². The summed E-state index contributed by atoms with van der Waals surface area (Å²) < 4.78 is 1.74. The van der Waals surface area contributed by atoms with Crippen molar-refractivity contribution in [1.29, 1.82) is 0 Å². The second-order valence-electron chi connectivity index (χ2n) is 5.34. The highest BCUT2D eigenvalue weighted by molar-refractivity contribution is 5.60. The summed E-state index contributed by atoms with van der Waals surface area (Å²) in [6.07, 6.45) is 2.93. The van der Waals surface area contributed by atoms with Crippen molar-refractivity contribution in [2.75, 3.05) is 31.7 Å². The van der Waals surface area contributed by atoms with Crippen LogP contribution in [-0.4, -0.2) is 41.4 Å². The molecule has 3 N–H and O–H groups in total. The van der Waals surface area contributed by atoms with Gasteiger partial charge in [-0.05, 0) is 26.4 Å². The Kier molecular flexibility index (Phi) is 4.81. The molecule has 98 valence electrons. The maximum Gasteiger partial charge on any atom is 0.171 e. The van der Waals surface area contributed by atoms with Gasteiger partial charge in [0.15, 0.2) is 5.82 Å². The van der Waals surface area contributed by atoms with Crippen LogP contribution < -0.4 is 11.1 Å². The number of aromatic nitrogens is 2. The topological polar surface area (TPSA) is 59.1 Å². The average molecular weight is 239 g/mol. The first-order valence-corrected chi connectivity index (χ1v) is 6.09. The van der Waals surface area contributed by atoms with E-state index in [1.807, 2.05) is 13.2 Å². The van der Waals surface area contributed by atoms with Crippen LogP contribution in [0.1, 0.15) is 20.3 Å². The third-order valence-electron chi connectivity index (χ3n) is 2.54. The van der Waals surface area contributed by atoms with Gasteiger partial charge in [0.2, 0.25) is 0 Å². The first-order chi connectivity index (χ1) is 7.88. The van der Waals surface area contributed by atoms with Gasteiger partial charge in [-0.25, -0.2) is 0 Å². The quantitative estimate of drug-likeness (QED) is 0.787. The summed E-state index contributed by atoms with van der Waals surface area (Å²) in [7, 11) is 6.04. The lowest BCUT2D eigenvalue weighted by molar-refractivity contribution is 0.356. The number of likely N-dealkylation sites (N-methyl/N-ethyl adjacent to an activating group) is 1. The average Bonchev–Trinajstić information content (AvgIpc) is 2.42. The standard InChI is InChI=1S/C12H25N5/c1-9(2)6-10(7-16(3)4)14-12-11(13)8-17(5)15-12/h8-10H,6-7,13H2,1-5H3,(H,14,15). The monoisotopic (exact) mass is 239 g/mol. The molecule has 0 fully saturated rings. The lowest BCUT2D eigenvalue weighted by atomic mass is 10.0. The van der Waals surface area contributed by atoms with Crippen LogP contribution in [-0.2, 0) is 7.05 Å². The molecule has 0 aliphatic carbocycles. The molecular weight excluding hydrogens is 214 g/mol. The van der Waals surface area contributed by atoms with Gasteiger partial charge in [-0.3, -0.25) is 4.68 Å². The largest absolute Gasteiger partial charge is 0.394 e. The van der Waals surface area contributed by atoms with Gasteiger partial charge in [-0.1, -0.05) is 13.8 Å². The number of anilines is 2. The highest BCUT2D eigenvalue weighted by Crippen LogP contribution is 2.18. The van der Waals surface area contributed by atoms with Crippen LogP contribution in [0.2, 0.25) is 0 Å². The van der Waals surface area contributed by atoms with E-state index in [2.05, 4.69) is 43.3 Å². The molecule has 1 aromatic rings. The van der Waals surface area contributed by atoms with Crippen LogP contribution in [0.5, 0.6) is 0 Å². The van der Waals surface area contributed by atoms with E-state index in [-0.39, 0.29) is 0 Å². The highest BCUT2D eigenvalue weighted by Gasteiger charge is 2.14. The van der Waals surface area contributed by atoms with Gasteiger partial charge in [-0.2, -0.15) is 5.10 Å². The summed E-state index contributed by atoms with van der Waals surface area (Å²) in [5, 5.41) is 7.76. The van der Waals surface area contributed by atoms with Crippen LogP contribution in [0.4, 0.5) is 11.5 Å². The summed E-state index contributed by atoms with van der Waals surface area (Å²) in [5.74, 6) is 1.44. The fraction of sp³-hybridized carbons (Fsp3) is 0.750. The summed E-state index contributed by atoms with van der Waals surface area (Å²) in [5.41, 5.74) is 6.60. The van der Waals surface area contributed by atoms with Crippen molar-refractivity contribution in [1.82, 2.24) is 14.7 Å². The Morgan fingerprint density at radius 2 is 2.12 bits per heavy atom. The number of nitrogens with one attached hydrogen (secondary N) is 1. The summed E-state index contributed by atoms with van der Waals surface area (Å²) >= 11 is 0.